The number of carbonyl (C=O) groups excluding carboxylic acids is 2. The van der Waals surface area contributed by atoms with E-state index in [1.807, 2.05) is 40.1 Å². The number of ether oxygens (including phenoxy) is 1. The summed E-state index contributed by atoms with van der Waals surface area (Å²) in [5, 5.41) is 0.207. The van der Waals surface area contributed by atoms with Gasteiger partial charge in [-0.1, -0.05) is 29.8 Å². The van der Waals surface area contributed by atoms with Crippen molar-refractivity contribution in [2.75, 3.05) is 32.8 Å². The van der Waals surface area contributed by atoms with Gasteiger partial charge in [0.05, 0.1) is 12.2 Å². The van der Waals surface area contributed by atoms with E-state index in [-0.39, 0.29) is 17.0 Å². The number of halogens is 1. The van der Waals surface area contributed by atoms with Gasteiger partial charge in [0.1, 0.15) is 10.9 Å². The molecule has 0 radical (unpaired) electrons. The average molecular weight is 456 g/mol. The number of hydrogen-bond donors (Lipinski definition) is 0. The van der Waals surface area contributed by atoms with Crippen LogP contribution in [-0.2, 0) is 4.79 Å². The number of hydrogen-bond acceptors (Lipinski definition) is 4. The molecule has 1 atom stereocenters. The third kappa shape index (κ3) is 5.41. The fourth-order valence-electron chi connectivity index (χ4n) is 4.74. The first-order chi connectivity index (χ1) is 15.6. The summed E-state index contributed by atoms with van der Waals surface area (Å²) < 4.78 is 6.15. The van der Waals surface area contributed by atoms with Gasteiger partial charge in [-0.2, -0.15) is 0 Å². The molecule has 7 heteroatoms. The molecule has 4 rings (SSSR count). The monoisotopic (exact) mass is 455 g/mol. The van der Waals surface area contributed by atoms with Crippen LogP contribution < -0.4 is 4.74 Å². The molecule has 0 bridgehead atoms. The number of likely N-dealkylation sites (tertiary alicyclic amines) is 2. The molecule has 3 heterocycles. The summed E-state index contributed by atoms with van der Waals surface area (Å²) >= 11 is 6.19. The zero-order chi connectivity index (χ0) is 22.4. The predicted molar refractivity (Wildman–Crippen MR) is 124 cm³/mol. The minimum Gasteiger partial charge on any atom is -0.493 e. The Morgan fingerprint density at radius 3 is 2.47 bits per heavy atom. The van der Waals surface area contributed by atoms with Crippen molar-refractivity contribution < 1.29 is 14.3 Å². The number of carbonyl (C=O) groups is 2. The second-order valence-electron chi connectivity index (χ2n) is 8.89. The zero-order valence-electron chi connectivity index (χ0n) is 18.3. The van der Waals surface area contributed by atoms with Crippen LogP contribution in [0.15, 0.2) is 48.7 Å². The van der Waals surface area contributed by atoms with Crippen LogP contribution in [0.4, 0.5) is 0 Å². The van der Waals surface area contributed by atoms with Crippen LogP contribution in [0.25, 0.3) is 0 Å². The van der Waals surface area contributed by atoms with E-state index in [4.69, 9.17) is 16.3 Å². The van der Waals surface area contributed by atoms with Crippen molar-refractivity contribution in [3.63, 3.8) is 0 Å². The molecule has 2 aliphatic rings. The third-order valence-corrected chi connectivity index (χ3v) is 6.76. The van der Waals surface area contributed by atoms with E-state index < -0.39 is 5.41 Å². The van der Waals surface area contributed by atoms with Crippen LogP contribution in [0, 0.1) is 5.41 Å². The molecule has 1 aromatic carbocycles. The molecule has 6 nitrogen and oxygen atoms in total. The SMILES string of the molecule is O=C(CC1(COc2ccccc2)CCCN(C(=O)c2cccnc2Cl)C1)N1CCCCC1. The minimum atomic E-state index is -0.438. The molecular weight excluding hydrogens is 426 g/mol. The summed E-state index contributed by atoms with van der Waals surface area (Å²) in [6.45, 7) is 3.13. The third-order valence-electron chi connectivity index (χ3n) is 6.46. The number of para-hydroxylation sites is 1. The van der Waals surface area contributed by atoms with Crippen LogP contribution in [0.5, 0.6) is 5.75 Å². The Labute approximate surface area is 194 Å². The van der Waals surface area contributed by atoms with Gasteiger partial charge in [0.2, 0.25) is 5.91 Å². The Morgan fingerprint density at radius 1 is 0.969 bits per heavy atom. The molecular formula is C25H30ClN3O3. The lowest BCUT2D eigenvalue weighted by molar-refractivity contribution is -0.136. The molecule has 2 fully saturated rings. The van der Waals surface area contributed by atoms with Crippen LogP contribution in [0.2, 0.25) is 5.15 Å². The second kappa shape index (κ2) is 10.3. The number of rotatable bonds is 6. The van der Waals surface area contributed by atoms with E-state index in [1.165, 1.54) is 6.42 Å². The lowest BCUT2D eigenvalue weighted by atomic mass is 9.77. The summed E-state index contributed by atoms with van der Waals surface area (Å²) in [6, 6.07) is 13.1. The number of aromatic nitrogens is 1. The lowest BCUT2D eigenvalue weighted by Gasteiger charge is -2.43. The lowest BCUT2D eigenvalue weighted by Crippen LogP contribution is -2.51. The highest BCUT2D eigenvalue weighted by Gasteiger charge is 2.41. The summed E-state index contributed by atoms with van der Waals surface area (Å²) in [7, 11) is 0. The van der Waals surface area contributed by atoms with Gasteiger partial charge in [-0.25, -0.2) is 4.98 Å². The van der Waals surface area contributed by atoms with Gasteiger partial charge >= 0.3 is 0 Å². The molecule has 1 unspecified atom stereocenters. The maximum absolute atomic E-state index is 13.2. The van der Waals surface area contributed by atoms with Gasteiger partial charge in [-0.3, -0.25) is 9.59 Å². The predicted octanol–water partition coefficient (Wildman–Crippen LogP) is 4.44. The van der Waals surface area contributed by atoms with Crippen LogP contribution in [0.1, 0.15) is 48.9 Å². The standard InChI is InChI=1S/C25H30ClN3O3/c26-23-21(11-7-13-27-23)24(31)29-16-8-12-25(18-29,19-32-20-9-3-1-4-10-20)17-22(30)28-14-5-2-6-15-28/h1,3-4,7,9-11,13H,2,5-6,8,12,14-19H2. The molecule has 170 valence electrons. The van der Waals surface area contributed by atoms with Crippen molar-refractivity contribution in [3.8, 4) is 5.75 Å². The van der Waals surface area contributed by atoms with Gasteiger partial charge in [0.25, 0.3) is 5.91 Å². The second-order valence-corrected chi connectivity index (χ2v) is 9.25. The number of pyridine rings is 1. The van der Waals surface area contributed by atoms with Crippen molar-refractivity contribution in [1.82, 2.24) is 14.8 Å². The van der Waals surface area contributed by atoms with Gasteiger partial charge in [0, 0.05) is 44.2 Å². The molecule has 0 N–H and O–H groups in total. The van der Waals surface area contributed by atoms with Crippen LogP contribution >= 0.6 is 11.6 Å². The van der Waals surface area contributed by atoms with Crippen molar-refractivity contribution in [2.24, 2.45) is 5.41 Å². The Kier molecular flexibility index (Phi) is 7.30. The molecule has 0 saturated carbocycles. The van der Waals surface area contributed by atoms with E-state index in [9.17, 15) is 9.59 Å². The van der Waals surface area contributed by atoms with Gasteiger partial charge < -0.3 is 14.5 Å². The van der Waals surface area contributed by atoms with Crippen LogP contribution in [0.3, 0.4) is 0 Å². The van der Waals surface area contributed by atoms with E-state index in [1.54, 1.807) is 18.3 Å². The highest BCUT2D eigenvalue weighted by atomic mass is 35.5. The maximum Gasteiger partial charge on any atom is 0.257 e. The average Bonchev–Trinajstić information content (AvgIpc) is 2.84. The Balaban J connectivity index is 1.53. The van der Waals surface area contributed by atoms with E-state index in [0.29, 0.717) is 31.7 Å². The number of nitrogens with zero attached hydrogens (tertiary/aromatic N) is 3. The summed E-state index contributed by atoms with van der Waals surface area (Å²) in [4.78, 5) is 34.3. The molecule has 2 amide bonds. The summed E-state index contributed by atoms with van der Waals surface area (Å²) in [6.07, 6.45) is 6.90. The van der Waals surface area contributed by atoms with Crippen molar-refractivity contribution in [3.05, 3.63) is 59.4 Å². The molecule has 2 saturated heterocycles. The first kappa shape index (κ1) is 22.6. The maximum atomic E-state index is 13.2. The first-order valence-corrected chi connectivity index (χ1v) is 11.8. The van der Waals surface area contributed by atoms with Gasteiger partial charge in [-0.05, 0) is 56.4 Å². The summed E-state index contributed by atoms with van der Waals surface area (Å²) in [5.41, 5.74) is -0.0382. The highest BCUT2D eigenvalue weighted by molar-refractivity contribution is 6.32. The van der Waals surface area contributed by atoms with Crippen molar-refractivity contribution in [2.45, 2.75) is 38.5 Å². The molecule has 1 aromatic heterocycles. The van der Waals surface area contributed by atoms with Gasteiger partial charge in [0.15, 0.2) is 0 Å². The van der Waals surface area contributed by atoms with Gasteiger partial charge in [-0.15, -0.1) is 0 Å². The fourth-order valence-corrected chi connectivity index (χ4v) is 4.94. The highest BCUT2D eigenvalue weighted by Crippen LogP contribution is 2.36. The Morgan fingerprint density at radius 2 is 1.72 bits per heavy atom. The molecule has 0 spiro atoms. The van der Waals surface area contributed by atoms with E-state index >= 15 is 0 Å². The smallest absolute Gasteiger partial charge is 0.257 e. The van der Waals surface area contributed by atoms with Crippen molar-refractivity contribution >= 4 is 23.4 Å². The van der Waals surface area contributed by atoms with Crippen LogP contribution in [-0.4, -0.2) is 59.4 Å². The number of piperidine rings is 2. The fraction of sp³-hybridized carbons (Fsp3) is 0.480. The zero-order valence-corrected chi connectivity index (χ0v) is 19.1. The Bertz CT molecular complexity index is 933. The topological polar surface area (TPSA) is 62.7 Å². The molecule has 2 aromatic rings. The normalized spacial score (nSPS) is 21.3. The van der Waals surface area contributed by atoms with E-state index in [0.717, 1.165) is 44.5 Å². The quantitative estimate of drug-likeness (QED) is 0.604. The number of benzene rings is 1. The summed E-state index contributed by atoms with van der Waals surface area (Å²) in [5.74, 6) is 0.795. The Hall–Kier alpha value is -2.60. The van der Waals surface area contributed by atoms with E-state index in [2.05, 4.69) is 4.98 Å². The molecule has 0 aliphatic carbocycles. The molecule has 2 aliphatic heterocycles. The molecule has 32 heavy (non-hydrogen) atoms. The minimum absolute atomic E-state index is 0.141. The largest absolute Gasteiger partial charge is 0.493 e. The number of amides is 2. The van der Waals surface area contributed by atoms with Crippen molar-refractivity contribution in [1.29, 1.82) is 0 Å². The first-order valence-electron chi connectivity index (χ1n) is 11.4.